The Labute approximate surface area is 93.9 Å². The quantitative estimate of drug-likeness (QED) is 0.812. The molecule has 0 amide bonds. The van der Waals surface area contributed by atoms with Gasteiger partial charge in [-0.25, -0.2) is 4.79 Å². The lowest BCUT2D eigenvalue weighted by Gasteiger charge is -2.05. The van der Waals surface area contributed by atoms with E-state index in [-0.39, 0.29) is 5.76 Å². The summed E-state index contributed by atoms with van der Waals surface area (Å²) in [6.07, 6.45) is 1.17. The second kappa shape index (κ2) is 5.85. The van der Waals surface area contributed by atoms with Crippen LogP contribution in [-0.4, -0.2) is 16.8 Å². The molecule has 15 heavy (non-hydrogen) atoms. The van der Waals surface area contributed by atoms with Crippen molar-refractivity contribution in [1.29, 1.82) is 0 Å². The number of thioether (sulfide) groups is 1. The summed E-state index contributed by atoms with van der Waals surface area (Å²) < 4.78 is 5.14. The van der Waals surface area contributed by atoms with Crippen molar-refractivity contribution in [1.82, 2.24) is 0 Å². The fraction of sp³-hybridized carbons (Fsp3) is 0.545. The number of hydrogen-bond acceptors (Lipinski definition) is 3. The van der Waals surface area contributed by atoms with Gasteiger partial charge in [-0.2, -0.15) is 11.8 Å². The number of rotatable bonds is 6. The lowest BCUT2D eigenvalue weighted by Crippen LogP contribution is -1.95. The first-order chi connectivity index (χ1) is 7.13. The molecule has 1 heterocycles. The smallest absolute Gasteiger partial charge is 0.371 e. The third kappa shape index (κ3) is 4.00. The highest BCUT2D eigenvalue weighted by molar-refractivity contribution is 7.98. The van der Waals surface area contributed by atoms with Gasteiger partial charge in [-0.05, 0) is 23.8 Å². The van der Waals surface area contributed by atoms with Crippen LogP contribution in [0.15, 0.2) is 16.5 Å². The first-order valence-electron chi connectivity index (χ1n) is 5.03. The van der Waals surface area contributed by atoms with E-state index in [0.29, 0.717) is 5.92 Å². The molecule has 0 saturated heterocycles. The molecule has 0 aliphatic heterocycles. The molecule has 1 aromatic heterocycles. The molecule has 1 atom stereocenters. The molecule has 0 aliphatic carbocycles. The highest BCUT2D eigenvalue weighted by atomic mass is 32.2. The molecule has 3 nitrogen and oxygen atoms in total. The molecule has 1 N–H and O–H groups in total. The standard InChI is InChI=1S/C11H16O3S/c1-3-8(2)6-15-7-9-4-5-10(14-9)11(12)13/h4-5,8H,3,6-7H2,1-2H3,(H,12,13). The van der Waals surface area contributed by atoms with Crippen LogP contribution < -0.4 is 0 Å². The van der Waals surface area contributed by atoms with Gasteiger partial charge in [0.2, 0.25) is 5.76 Å². The zero-order chi connectivity index (χ0) is 11.3. The van der Waals surface area contributed by atoms with Gasteiger partial charge >= 0.3 is 5.97 Å². The van der Waals surface area contributed by atoms with Crippen LogP contribution in [0.5, 0.6) is 0 Å². The summed E-state index contributed by atoms with van der Waals surface area (Å²) in [5.41, 5.74) is 0. The summed E-state index contributed by atoms with van der Waals surface area (Å²) in [4.78, 5) is 10.5. The Morgan fingerprint density at radius 2 is 2.33 bits per heavy atom. The van der Waals surface area contributed by atoms with Gasteiger partial charge in [-0.1, -0.05) is 20.3 Å². The molecular weight excluding hydrogens is 212 g/mol. The Morgan fingerprint density at radius 3 is 2.87 bits per heavy atom. The number of hydrogen-bond donors (Lipinski definition) is 1. The Bertz CT molecular complexity index is 319. The molecular formula is C11H16O3S. The van der Waals surface area contributed by atoms with Crippen LogP contribution in [0.1, 0.15) is 36.6 Å². The maximum absolute atomic E-state index is 10.5. The normalized spacial score (nSPS) is 12.7. The Hall–Kier alpha value is -0.900. The lowest BCUT2D eigenvalue weighted by atomic mass is 10.2. The van der Waals surface area contributed by atoms with Crippen LogP contribution in [0.25, 0.3) is 0 Å². The molecule has 1 unspecified atom stereocenters. The molecule has 84 valence electrons. The van der Waals surface area contributed by atoms with E-state index in [4.69, 9.17) is 9.52 Å². The molecule has 4 heteroatoms. The SMILES string of the molecule is CCC(C)CSCc1ccc(C(=O)O)o1. The number of furan rings is 1. The summed E-state index contributed by atoms with van der Waals surface area (Å²) >= 11 is 1.78. The maximum Gasteiger partial charge on any atom is 0.371 e. The van der Waals surface area contributed by atoms with Gasteiger partial charge in [-0.15, -0.1) is 0 Å². The van der Waals surface area contributed by atoms with Gasteiger partial charge in [0.15, 0.2) is 0 Å². The molecule has 0 fully saturated rings. The zero-order valence-electron chi connectivity index (χ0n) is 9.03. The van der Waals surface area contributed by atoms with Crippen molar-refractivity contribution in [2.45, 2.75) is 26.0 Å². The summed E-state index contributed by atoms with van der Waals surface area (Å²) in [7, 11) is 0. The molecule has 0 radical (unpaired) electrons. The number of carbonyl (C=O) groups is 1. The van der Waals surface area contributed by atoms with Gasteiger partial charge in [0.05, 0.1) is 5.75 Å². The molecule has 0 bridgehead atoms. The number of carboxylic acid groups (broad SMARTS) is 1. The average molecular weight is 228 g/mol. The third-order valence-corrected chi connectivity index (χ3v) is 3.51. The van der Waals surface area contributed by atoms with Crippen LogP contribution in [0.4, 0.5) is 0 Å². The van der Waals surface area contributed by atoms with E-state index in [1.54, 1.807) is 17.8 Å². The van der Waals surface area contributed by atoms with E-state index in [1.165, 1.54) is 12.5 Å². The first kappa shape index (κ1) is 12.2. The fourth-order valence-electron chi connectivity index (χ4n) is 1.05. The van der Waals surface area contributed by atoms with E-state index in [9.17, 15) is 4.79 Å². The highest BCUT2D eigenvalue weighted by Gasteiger charge is 2.08. The van der Waals surface area contributed by atoms with Crippen LogP contribution in [0, 0.1) is 5.92 Å². The van der Waals surface area contributed by atoms with E-state index < -0.39 is 5.97 Å². The molecule has 0 spiro atoms. The van der Waals surface area contributed by atoms with Crippen LogP contribution in [0.2, 0.25) is 0 Å². The Kier molecular flexibility index (Phi) is 4.75. The van der Waals surface area contributed by atoms with Gasteiger partial charge < -0.3 is 9.52 Å². The van der Waals surface area contributed by atoms with Crippen molar-refractivity contribution in [2.75, 3.05) is 5.75 Å². The molecule has 0 saturated carbocycles. The average Bonchev–Trinajstić information content (AvgIpc) is 2.66. The van der Waals surface area contributed by atoms with E-state index >= 15 is 0 Å². The van der Waals surface area contributed by atoms with Crippen LogP contribution >= 0.6 is 11.8 Å². The van der Waals surface area contributed by atoms with E-state index in [1.807, 2.05) is 0 Å². The molecule has 1 rings (SSSR count). The zero-order valence-corrected chi connectivity index (χ0v) is 9.84. The number of carboxylic acids is 1. The predicted octanol–water partition coefficient (Wildman–Crippen LogP) is 3.26. The minimum absolute atomic E-state index is 0.0224. The van der Waals surface area contributed by atoms with Crippen molar-refractivity contribution in [2.24, 2.45) is 5.92 Å². The second-order valence-corrected chi connectivity index (χ2v) is 4.63. The topological polar surface area (TPSA) is 50.4 Å². The lowest BCUT2D eigenvalue weighted by molar-refractivity contribution is 0.0661. The Morgan fingerprint density at radius 1 is 1.60 bits per heavy atom. The van der Waals surface area contributed by atoms with E-state index in [2.05, 4.69) is 13.8 Å². The predicted molar refractivity (Wildman–Crippen MR) is 61.3 cm³/mol. The molecule has 0 aromatic carbocycles. The van der Waals surface area contributed by atoms with Crippen molar-refractivity contribution in [3.8, 4) is 0 Å². The van der Waals surface area contributed by atoms with Crippen molar-refractivity contribution in [3.63, 3.8) is 0 Å². The van der Waals surface area contributed by atoms with Gasteiger partial charge in [0, 0.05) is 0 Å². The Balaban J connectivity index is 2.35. The van der Waals surface area contributed by atoms with E-state index in [0.717, 1.165) is 17.3 Å². The monoisotopic (exact) mass is 228 g/mol. The third-order valence-electron chi connectivity index (χ3n) is 2.22. The van der Waals surface area contributed by atoms with Crippen molar-refractivity contribution in [3.05, 3.63) is 23.7 Å². The summed E-state index contributed by atoms with van der Waals surface area (Å²) in [5, 5.41) is 8.65. The first-order valence-corrected chi connectivity index (χ1v) is 6.18. The minimum Gasteiger partial charge on any atom is -0.475 e. The fourth-order valence-corrected chi connectivity index (χ4v) is 2.16. The van der Waals surface area contributed by atoms with Crippen LogP contribution in [-0.2, 0) is 5.75 Å². The summed E-state index contributed by atoms with van der Waals surface area (Å²) in [6.45, 7) is 4.37. The maximum atomic E-state index is 10.5. The highest BCUT2D eigenvalue weighted by Crippen LogP contribution is 2.18. The molecule has 1 aromatic rings. The van der Waals surface area contributed by atoms with Gasteiger partial charge in [0.25, 0.3) is 0 Å². The van der Waals surface area contributed by atoms with Gasteiger partial charge in [0.1, 0.15) is 5.76 Å². The van der Waals surface area contributed by atoms with Crippen molar-refractivity contribution >= 4 is 17.7 Å². The second-order valence-electron chi connectivity index (χ2n) is 3.60. The summed E-state index contributed by atoms with van der Waals surface area (Å²) in [5.74, 6) is 2.28. The van der Waals surface area contributed by atoms with Crippen LogP contribution in [0.3, 0.4) is 0 Å². The molecule has 0 aliphatic rings. The van der Waals surface area contributed by atoms with Crippen molar-refractivity contribution < 1.29 is 14.3 Å². The largest absolute Gasteiger partial charge is 0.475 e. The number of aromatic carboxylic acids is 1. The minimum atomic E-state index is -1.01. The van der Waals surface area contributed by atoms with Gasteiger partial charge in [-0.3, -0.25) is 0 Å². The summed E-state index contributed by atoms with van der Waals surface area (Å²) in [6, 6.07) is 3.23.